The van der Waals surface area contributed by atoms with Crippen molar-refractivity contribution in [2.24, 2.45) is 0 Å². The van der Waals surface area contributed by atoms with E-state index in [9.17, 15) is 10.1 Å². The predicted molar refractivity (Wildman–Crippen MR) is 207 cm³/mol. The van der Waals surface area contributed by atoms with Gasteiger partial charge >= 0.3 is 0 Å². The highest BCUT2D eigenvalue weighted by molar-refractivity contribution is 6.00. The van der Waals surface area contributed by atoms with E-state index in [1.54, 1.807) is 12.1 Å². The summed E-state index contributed by atoms with van der Waals surface area (Å²) in [6.07, 6.45) is 8.06. The molecule has 0 unspecified atom stereocenters. The molecule has 7 heteroatoms. The maximum atomic E-state index is 12.4. The number of nitro groups is 1. The molecule has 9 rings (SSSR count). The third kappa shape index (κ3) is 5.34. The van der Waals surface area contributed by atoms with Crippen LogP contribution in [0.25, 0.3) is 90.9 Å². The second-order valence-corrected chi connectivity index (χ2v) is 12.4. The molecule has 2 aliphatic rings. The number of para-hydroxylation sites is 1. The smallest absolute Gasteiger partial charge is 0.277 e. The van der Waals surface area contributed by atoms with Gasteiger partial charge in [0.1, 0.15) is 0 Å². The Hall–Kier alpha value is -7.12. The molecule has 242 valence electrons. The van der Waals surface area contributed by atoms with Gasteiger partial charge in [-0.2, -0.15) is 0 Å². The highest BCUT2D eigenvalue weighted by atomic mass is 16.6. The number of hydrogen-bond donors (Lipinski definition) is 2. The topological polar surface area (TPSA) is 100 Å². The molecule has 0 radical (unpaired) electrons. The first-order valence-electron chi connectivity index (χ1n) is 16.7. The summed E-state index contributed by atoms with van der Waals surface area (Å²) in [5.74, 6) is 0. The predicted octanol–water partition coefficient (Wildman–Crippen LogP) is 11.2. The van der Waals surface area contributed by atoms with Crippen LogP contribution in [-0.2, 0) is 0 Å². The number of nitrogens with zero attached hydrogens (tertiary/aromatic N) is 3. The molecule has 0 saturated carbocycles. The van der Waals surface area contributed by atoms with Gasteiger partial charge in [0.2, 0.25) is 0 Å². The van der Waals surface area contributed by atoms with Gasteiger partial charge in [-0.05, 0) is 71.3 Å². The number of aromatic amines is 2. The second-order valence-electron chi connectivity index (χ2n) is 12.4. The minimum atomic E-state index is -0.339. The van der Waals surface area contributed by atoms with Gasteiger partial charge in [0, 0.05) is 50.4 Å². The first kappa shape index (κ1) is 30.0. The lowest BCUT2D eigenvalue weighted by Crippen LogP contribution is -1.94. The standard InChI is InChI=1S/C44H29N5O2/c50-49(51)40-19-11-10-18-31(40)44-38-26-24-36(47-38)42(29-14-6-2-7-15-29)34-22-20-32(45-34)41(28-12-4-1-5-13-28)33-21-23-35(46-33)43(30-16-8-3-9-17-30)37-25-27-39(44)48-37/h1-27,45,48H. The van der Waals surface area contributed by atoms with E-state index in [1.807, 2.05) is 84.9 Å². The summed E-state index contributed by atoms with van der Waals surface area (Å²) in [5.41, 5.74) is 13.3. The number of nitrogens with one attached hydrogen (secondary N) is 2. The number of H-pyrrole nitrogens is 2. The average Bonchev–Trinajstić information content (AvgIpc) is 4.01. The summed E-state index contributed by atoms with van der Waals surface area (Å²) in [6.45, 7) is 0. The molecule has 0 saturated heterocycles. The van der Waals surface area contributed by atoms with E-state index in [0.29, 0.717) is 22.3 Å². The van der Waals surface area contributed by atoms with E-state index in [-0.39, 0.29) is 10.6 Å². The summed E-state index contributed by atoms with van der Waals surface area (Å²) < 4.78 is 0. The van der Waals surface area contributed by atoms with Crippen molar-refractivity contribution in [2.45, 2.75) is 0 Å². The third-order valence-corrected chi connectivity index (χ3v) is 9.31. The highest BCUT2D eigenvalue weighted by Gasteiger charge is 2.22. The van der Waals surface area contributed by atoms with E-state index >= 15 is 0 Å². The summed E-state index contributed by atoms with van der Waals surface area (Å²) in [5, 5.41) is 12.4. The van der Waals surface area contributed by atoms with Gasteiger partial charge in [-0.3, -0.25) is 10.1 Å². The largest absolute Gasteiger partial charge is 0.354 e. The fourth-order valence-electron chi connectivity index (χ4n) is 7.06. The van der Waals surface area contributed by atoms with Crippen LogP contribution in [0.5, 0.6) is 0 Å². The van der Waals surface area contributed by atoms with Crippen LogP contribution in [0.2, 0.25) is 0 Å². The van der Waals surface area contributed by atoms with Crippen LogP contribution in [0.1, 0.15) is 22.8 Å². The van der Waals surface area contributed by atoms with Crippen LogP contribution in [0.15, 0.2) is 140 Å². The average molecular weight is 660 g/mol. The molecule has 4 aromatic carbocycles. The summed E-state index contributed by atoms with van der Waals surface area (Å²) in [6, 6.07) is 45.6. The second kappa shape index (κ2) is 12.4. The SMILES string of the molecule is O=[N+]([O-])c1ccccc1-c1c2nc(c(-c3ccccc3)c3ccc([nH]3)c(-c3ccccc3)c3nc(c(-c4ccccc4)c4ccc1[nH]4)C=C3)C=C2. The van der Waals surface area contributed by atoms with E-state index in [4.69, 9.17) is 9.97 Å². The number of hydrogen-bond acceptors (Lipinski definition) is 4. The molecule has 0 amide bonds. The van der Waals surface area contributed by atoms with Gasteiger partial charge < -0.3 is 9.97 Å². The van der Waals surface area contributed by atoms with Gasteiger partial charge in [-0.1, -0.05) is 103 Å². The maximum absolute atomic E-state index is 12.4. The van der Waals surface area contributed by atoms with Crippen molar-refractivity contribution in [1.29, 1.82) is 0 Å². The summed E-state index contributed by atoms with van der Waals surface area (Å²) >= 11 is 0. The minimum Gasteiger partial charge on any atom is -0.354 e. The lowest BCUT2D eigenvalue weighted by molar-refractivity contribution is -0.384. The first-order chi connectivity index (χ1) is 25.1. The molecule has 0 spiro atoms. The monoisotopic (exact) mass is 659 g/mol. The zero-order chi connectivity index (χ0) is 34.3. The Labute approximate surface area is 293 Å². The van der Waals surface area contributed by atoms with Gasteiger partial charge in [-0.25, -0.2) is 9.97 Å². The van der Waals surface area contributed by atoms with Crippen molar-refractivity contribution >= 4 is 52.1 Å². The van der Waals surface area contributed by atoms with Crippen molar-refractivity contribution in [3.63, 3.8) is 0 Å². The molecule has 51 heavy (non-hydrogen) atoms. The number of benzene rings is 4. The lowest BCUT2D eigenvalue weighted by atomic mass is 10.0. The Morgan fingerprint density at radius 1 is 0.412 bits per heavy atom. The van der Waals surface area contributed by atoms with E-state index < -0.39 is 0 Å². The number of fused-ring (bicyclic) bond motifs is 8. The Kier molecular flexibility index (Phi) is 7.29. The van der Waals surface area contributed by atoms with Crippen LogP contribution in [0, 0.1) is 10.1 Å². The van der Waals surface area contributed by atoms with E-state index in [2.05, 4.69) is 70.7 Å². The first-order valence-corrected chi connectivity index (χ1v) is 16.7. The minimum absolute atomic E-state index is 0.00228. The fraction of sp³-hybridized carbons (Fsp3) is 0. The molecular formula is C44H29N5O2. The molecular weight excluding hydrogens is 631 g/mol. The van der Waals surface area contributed by atoms with Crippen molar-refractivity contribution in [2.75, 3.05) is 0 Å². The molecule has 2 N–H and O–H groups in total. The highest BCUT2D eigenvalue weighted by Crippen LogP contribution is 2.40. The molecule has 7 aromatic rings. The van der Waals surface area contributed by atoms with Crippen molar-refractivity contribution in [3.8, 4) is 44.5 Å². The number of rotatable bonds is 5. The van der Waals surface area contributed by atoms with Crippen LogP contribution >= 0.6 is 0 Å². The zero-order valence-corrected chi connectivity index (χ0v) is 27.2. The van der Waals surface area contributed by atoms with Crippen LogP contribution in [0.4, 0.5) is 5.69 Å². The van der Waals surface area contributed by atoms with Gasteiger partial charge in [0.15, 0.2) is 0 Å². The van der Waals surface area contributed by atoms with Gasteiger partial charge in [0.05, 0.1) is 33.3 Å². The van der Waals surface area contributed by atoms with Crippen molar-refractivity contribution < 1.29 is 4.92 Å². The summed E-state index contributed by atoms with van der Waals surface area (Å²) in [4.78, 5) is 30.0. The van der Waals surface area contributed by atoms with Gasteiger partial charge in [-0.15, -0.1) is 0 Å². The molecule has 3 aromatic heterocycles. The van der Waals surface area contributed by atoms with E-state index in [0.717, 1.165) is 67.0 Å². The number of aromatic nitrogens is 4. The van der Waals surface area contributed by atoms with E-state index in [1.165, 1.54) is 6.07 Å². The van der Waals surface area contributed by atoms with Crippen LogP contribution < -0.4 is 0 Å². The normalized spacial score (nSPS) is 11.9. The van der Waals surface area contributed by atoms with Crippen LogP contribution in [0.3, 0.4) is 0 Å². The summed E-state index contributed by atoms with van der Waals surface area (Å²) in [7, 11) is 0. The fourth-order valence-corrected chi connectivity index (χ4v) is 7.06. The van der Waals surface area contributed by atoms with Gasteiger partial charge in [0.25, 0.3) is 5.69 Å². The Morgan fingerprint density at radius 2 is 0.745 bits per heavy atom. The molecule has 2 aliphatic heterocycles. The Morgan fingerprint density at radius 3 is 1.14 bits per heavy atom. The third-order valence-electron chi connectivity index (χ3n) is 9.31. The zero-order valence-electron chi connectivity index (χ0n) is 27.2. The molecule has 7 nitrogen and oxygen atoms in total. The quantitative estimate of drug-likeness (QED) is 0.142. The molecule has 8 bridgehead atoms. The Balaban J connectivity index is 1.49. The maximum Gasteiger partial charge on any atom is 0.277 e. The molecule has 0 aliphatic carbocycles. The van der Waals surface area contributed by atoms with Crippen molar-refractivity contribution in [3.05, 3.63) is 172 Å². The lowest BCUT2D eigenvalue weighted by Gasteiger charge is -2.07. The molecule has 0 fully saturated rings. The van der Waals surface area contributed by atoms with Crippen LogP contribution in [-0.4, -0.2) is 24.9 Å². The van der Waals surface area contributed by atoms with Crippen molar-refractivity contribution in [1.82, 2.24) is 19.9 Å². The Bertz CT molecular complexity index is 2670. The number of nitro benzene ring substituents is 1. The molecule has 0 atom stereocenters. The molecule has 5 heterocycles.